The normalized spacial score (nSPS) is 12.9. The van der Waals surface area contributed by atoms with E-state index in [1.165, 1.54) is 0 Å². The highest BCUT2D eigenvalue weighted by atomic mass is 16.2. The zero-order valence-corrected chi connectivity index (χ0v) is 16.5. The molecule has 4 aromatic rings. The molecule has 0 aromatic heterocycles. The number of allylic oxidation sites excluding steroid dienone is 1. The van der Waals surface area contributed by atoms with Gasteiger partial charge in [-0.25, -0.2) is 0 Å². The summed E-state index contributed by atoms with van der Waals surface area (Å²) in [4.78, 5) is 27.9. The summed E-state index contributed by atoms with van der Waals surface area (Å²) in [7, 11) is 2.01. The van der Waals surface area contributed by atoms with Crippen molar-refractivity contribution >= 4 is 39.8 Å². The molecule has 0 amide bonds. The number of carbonyl (C=O) groups is 2. The molecular formula is C27H19NO2. The van der Waals surface area contributed by atoms with Crippen LogP contribution >= 0.6 is 0 Å². The number of fused-ring (bicyclic) bond motifs is 2. The van der Waals surface area contributed by atoms with E-state index in [1.807, 2.05) is 98.0 Å². The van der Waals surface area contributed by atoms with Crippen LogP contribution in [0.2, 0.25) is 0 Å². The van der Waals surface area contributed by atoms with Gasteiger partial charge in [0, 0.05) is 29.5 Å². The number of benzene rings is 4. The smallest absolute Gasteiger partial charge is 0.197 e. The first-order valence-electron chi connectivity index (χ1n) is 9.84. The van der Waals surface area contributed by atoms with E-state index in [9.17, 15) is 9.59 Å². The third-order valence-electron chi connectivity index (χ3n) is 5.60. The third-order valence-corrected chi connectivity index (χ3v) is 5.60. The minimum atomic E-state index is -0.203. The Morgan fingerprint density at radius 2 is 1.13 bits per heavy atom. The second-order valence-electron chi connectivity index (χ2n) is 7.45. The van der Waals surface area contributed by atoms with Gasteiger partial charge in [-0.15, -0.1) is 0 Å². The molecule has 1 aliphatic rings. The highest BCUT2D eigenvalue weighted by Gasteiger charge is 2.33. The van der Waals surface area contributed by atoms with Gasteiger partial charge < -0.3 is 4.90 Å². The summed E-state index contributed by atoms with van der Waals surface area (Å²) in [5.41, 5.74) is 4.16. The van der Waals surface area contributed by atoms with E-state index in [0.29, 0.717) is 11.1 Å². The zero-order chi connectivity index (χ0) is 20.7. The zero-order valence-electron chi connectivity index (χ0n) is 16.5. The summed E-state index contributed by atoms with van der Waals surface area (Å²) < 4.78 is 0. The lowest BCUT2D eigenvalue weighted by molar-refractivity contribution is 0.0990. The SMILES string of the molecule is CN(c1ccccc1)c1ccc(C=C2C(=O)c3cc4ccccc4cc3C2=O)cc1. The van der Waals surface area contributed by atoms with Crippen LogP contribution in [0, 0.1) is 0 Å². The van der Waals surface area contributed by atoms with Crippen molar-refractivity contribution in [3.05, 3.63) is 113 Å². The van der Waals surface area contributed by atoms with Gasteiger partial charge in [0.15, 0.2) is 11.6 Å². The molecule has 30 heavy (non-hydrogen) atoms. The van der Waals surface area contributed by atoms with Crippen LogP contribution in [-0.4, -0.2) is 18.6 Å². The Morgan fingerprint density at radius 1 is 0.633 bits per heavy atom. The molecule has 4 aromatic carbocycles. The first-order chi connectivity index (χ1) is 14.6. The third kappa shape index (κ3) is 3.01. The minimum Gasteiger partial charge on any atom is -0.345 e. The van der Waals surface area contributed by atoms with Crippen molar-refractivity contribution in [3.63, 3.8) is 0 Å². The van der Waals surface area contributed by atoms with Gasteiger partial charge in [0.2, 0.25) is 0 Å². The fraction of sp³-hybridized carbons (Fsp3) is 0.0370. The second kappa shape index (κ2) is 7.12. The summed E-state index contributed by atoms with van der Waals surface area (Å²) in [6.45, 7) is 0. The predicted molar refractivity (Wildman–Crippen MR) is 122 cm³/mol. The van der Waals surface area contributed by atoms with Crippen molar-refractivity contribution < 1.29 is 9.59 Å². The van der Waals surface area contributed by atoms with Gasteiger partial charge in [-0.2, -0.15) is 0 Å². The Bertz CT molecular complexity index is 1260. The lowest BCUT2D eigenvalue weighted by Gasteiger charge is -2.19. The van der Waals surface area contributed by atoms with Crippen LogP contribution in [-0.2, 0) is 0 Å². The number of ketones is 2. The molecule has 0 atom stereocenters. The van der Waals surface area contributed by atoms with Crippen molar-refractivity contribution in [1.82, 2.24) is 0 Å². The van der Waals surface area contributed by atoms with Crippen LogP contribution in [0.1, 0.15) is 26.3 Å². The number of anilines is 2. The molecule has 3 heteroatoms. The van der Waals surface area contributed by atoms with Crippen molar-refractivity contribution in [1.29, 1.82) is 0 Å². The largest absolute Gasteiger partial charge is 0.345 e. The molecule has 0 aliphatic heterocycles. The Morgan fingerprint density at radius 3 is 1.70 bits per heavy atom. The number of hydrogen-bond acceptors (Lipinski definition) is 3. The van der Waals surface area contributed by atoms with Crippen molar-refractivity contribution in [3.8, 4) is 0 Å². The lowest BCUT2D eigenvalue weighted by atomic mass is 10.0. The van der Waals surface area contributed by atoms with Crippen LogP contribution in [0.4, 0.5) is 11.4 Å². The maximum atomic E-state index is 12.9. The van der Waals surface area contributed by atoms with Crippen molar-refractivity contribution in [2.24, 2.45) is 0 Å². The number of carbonyl (C=O) groups excluding carboxylic acids is 2. The van der Waals surface area contributed by atoms with Crippen LogP contribution < -0.4 is 4.90 Å². The highest BCUT2D eigenvalue weighted by molar-refractivity contribution is 6.42. The van der Waals surface area contributed by atoms with E-state index >= 15 is 0 Å². The van der Waals surface area contributed by atoms with E-state index in [1.54, 1.807) is 6.08 Å². The topological polar surface area (TPSA) is 37.4 Å². The van der Waals surface area contributed by atoms with Gasteiger partial charge in [0.25, 0.3) is 0 Å². The monoisotopic (exact) mass is 389 g/mol. The number of para-hydroxylation sites is 1. The lowest BCUT2D eigenvalue weighted by Crippen LogP contribution is -2.08. The first-order valence-corrected chi connectivity index (χ1v) is 9.84. The van der Waals surface area contributed by atoms with E-state index in [2.05, 4.69) is 4.90 Å². The summed E-state index contributed by atoms with van der Waals surface area (Å²) in [5, 5.41) is 1.93. The number of Topliss-reactive ketones (excluding diaryl/α,β-unsaturated/α-hetero) is 2. The molecule has 0 N–H and O–H groups in total. The Balaban J connectivity index is 1.47. The second-order valence-corrected chi connectivity index (χ2v) is 7.45. The van der Waals surface area contributed by atoms with E-state index in [0.717, 1.165) is 27.7 Å². The molecule has 0 bridgehead atoms. The number of nitrogens with zero attached hydrogens (tertiary/aromatic N) is 1. The van der Waals surface area contributed by atoms with Gasteiger partial charge >= 0.3 is 0 Å². The number of hydrogen-bond donors (Lipinski definition) is 0. The van der Waals surface area contributed by atoms with Crippen LogP contribution in [0.25, 0.3) is 16.8 Å². The first kappa shape index (κ1) is 18.1. The van der Waals surface area contributed by atoms with Crippen LogP contribution in [0.15, 0.2) is 96.6 Å². The Labute approximate surface area is 174 Å². The standard InChI is InChI=1S/C27H19NO2/c1-28(21-9-3-2-4-10-21)22-13-11-18(12-14-22)15-25-26(29)23-16-19-7-5-6-8-20(19)17-24(23)27(25)30/h2-17H,1H3. The predicted octanol–water partition coefficient (Wildman–Crippen LogP) is 6.07. The molecule has 1 aliphatic carbocycles. The van der Waals surface area contributed by atoms with Gasteiger partial charge in [-0.05, 0) is 58.8 Å². The summed E-state index contributed by atoms with van der Waals surface area (Å²) in [5.74, 6) is -0.405. The molecule has 5 rings (SSSR count). The molecule has 144 valence electrons. The molecule has 3 nitrogen and oxygen atoms in total. The van der Waals surface area contributed by atoms with E-state index in [-0.39, 0.29) is 17.1 Å². The average molecular weight is 389 g/mol. The molecule has 0 saturated heterocycles. The van der Waals surface area contributed by atoms with E-state index < -0.39 is 0 Å². The average Bonchev–Trinajstić information content (AvgIpc) is 3.02. The molecule has 0 heterocycles. The van der Waals surface area contributed by atoms with Crippen molar-refractivity contribution in [2.45, 2.75) is 0 Å². The van der Waals surface area contributed by atoms with Gasteiger partial charge in [-0.1, -0.05) is 54.6 Å². The van der Waals surface area contributed by atoms with Gasteiger partial charge in [0.1, 0.15) is 0 Å². The Kier molecular flexibility index (Phi) is 4.29. The highest BCUT2D eigenvalue weighted by Crippen LogP contribution is 2.32. The summed E-state index contributed by atoms with van der Waals surface area (Å²) in [6, 6.07) is 29.4. The minimum absolute atomic E-state index is 0.203. The summed E-state index contributed by atoms with van der Waals surface area (Å²) in [6.07, 6.45) is 1.70. The van der Waals surface area contributed by atoms with Crippen LogP contribution in [0.5, 0.6) is 0 Å². The molecule has 0 radical (unpaired) electrons. The molecule has 0 fully saturated rings. The Hall–Kier alpha value is -3.98. The quantitative estimate of drug-likeness (QED) is 0.315. The molecule has 0 saturated carbocycles. The fourth-order valence-corrected chi connectivity index (χ4v) is 3.90. The van der Waals surface area contributed by atoms with E-state index in [4.69, 9.17) is 0 Å². The van der Waals surface area contributed by atoms with Gasteiger partial charge in [0.05, 0.1) is 5.57 Å². The van der Waals surface area contributed by atoms with Crippen molar-refractivity contribution in [2.75, 3.05) is 11.9 Å². The molecule has 0 spiro atoms. The maximum Gasteiger partial charge on any atom is 0.197 e. The van der Waals surface area contributed by atoms with Crippen LogP contribution in [0.3, 0.4) is 0 Å². The number of rotatable bonds is 3. The van der Waals surface area contributed by atoms with Gasteiger partial charge in [-0.3, -0.25) is 9.59 Å². The summed E-state index contributed by atoms with van der Waals surface area (Å²) >= 11 is 0. The molecule has 0 unspecified atom stereocenters. The fourth-order valence-electron chi connectivity index (χ4n) is 3.90. The molecular weight excluding hydrogens is 370 g/mol. The maximum absolute atomic E-state index is 12.9.